The molecule has 0 saturated carbocycles. The van der Waals surface area contributed by atoms with Gasteiger partial charge < -0.3 is 14.4 Å². The highest BCUT2D eigenvalue weighted by atomic mass is 32.1. The molecule has 0 saturated heterocycles. The molecule has 2 aromatic carbocycles. The molecule has 0 aliphatic heterocycles. The quantitative estimate of drug-likeness (QED) is 0.727. The summed E-state index contributed by atoms with van der Waals surface area (Å²) in [6, 6.07) is 13.9. The molecule has 0 aliphatic carbocycles. The molecule has 1 aromatic heterocycles. The first kappa shape index (κ1) is 13.7. The number of nitrogens with zero attached hydrogens (tertiary/aromatic N) is 2. The number of thiazole rings is 1. The van der Waals surface area contributed by atoms with Gasteiger partial charge in [-0.05, 0) is 24.3 Å². The standard InChI is InChI=1S/C16H16N2O2S/c1-18(11-7-5-4-6-8-11)16-17-14-12(19-2)9-10-13(20-3)15(14)21-16/h4-10H,1-3H3. The minimum Gasteiger partial charge on any atom is -0.495 e. The Bertz CT molecular complexity index is 715. The summed E-state index contributed by atoms with van der Waals surface area (Å²) >= 11 is 1.59. The van der Waals surface area contributed by atoms with Gasteiger partial charge in [0, 0.05) is 12.7 Å². The van der Waals surface area contributed by atoms with E-state index in [4.69, 9.17) is 14.5 Å². The maximum atomic E-state index is 5.42. The van der Waals surface area contributed by atoms with Gasteiger partial charge in [-0.15, -0.1) is 0 Å². The Labute approximate surface area is 127 Å². The van der Waals surface area contributed by atoms with Crippen molar-refractivity contribution >= 4 is 32.4 Å². The smallest absolute Gasteiger partial charge is 0.190 e. The number of ether oxygens (including phenoxy) is 2. The molecule has 4 nitrogen and oxygen atoms in total. The third-order valence-electron chi connectivity index (χ3n) is 3.33. The summed E-state index contributed by atoms with van der Waals surface area (Å²) in [5.41, 5.74) is 1.93. The van der Waals surface area contributed by atoms with Gasteiger partial charge in [-0.1, -0.05) is 29.5 Å². The maximum Gasteiger partial charge on any atom is 0.190 e. The van der Waals surface area contributed by atoms with Gasteiger partial charge in [0.25, 0.3) is 0 Å². The van der Waals surface area contributed by atoms with Crippen molar-refractivity contribution < 1.29 is 9.47 Å². The topological polar surface area (TPSA) is 34.6 Å². The number of hydrogen-bond acceptors (Lipinski definition) is 5. The minimum absolute atomic E-state index is 0.759. The average molecular weight is 300 g/mol. The fourth-order valence-corrected chi connectivity index (χ4v) is 3.24. The second-order valence-electron chi connectivity index (χ2n) is 4.54. The second-order valence-corrected chi connectivity index (χ2v) is 5.52. The zero-order valence-electron chi connectivity index (χ0n) is 12.2. The predicted octanol–water partition coefficient (Wildman–Crippen LogP) is 4.08. The largest absolute Gasteiger partial charge is 0.495 e. The molecule has 0 spiro atoms. The molecule has 0 unspecified atom stereocenters. The molecule has 0 N–H and O–H groups in total. The van der Waals surface area contributed by atoms with E-state index in [1.807, 2.05) is 37.4 Å². The van der Waals surface area contributed by atoms with Crippen LogP contribution in [0.2, 0.25) is 0 Å². The van der Waals surface area contributed by atoms with Crippen molar-refractivity contribution in [2.45, 2.75) is 0 Å². The lowest BCUT2D eigenvalue weighted by atomic mass is 10.3. The van der Waals surface area contributed by atoms with E-state index in [1.54, 1.807) is 25.6 Å². The van der Waals surface area contributed by atoms with E-state index >= 15 is 0 Å². The Hall–Kier alpha value is -2.27. The summed E-state index contributed by atoms with van der Waals surface area (Å²) in [6.45, 7) is 0. The van der Waals surface area contributed by atoms with Gasteiger partial charge in [-0.3, -0.25) is 0 Å². The van der Waals surface area contributed by atoms with Crippen LogP contribution >= 0.6 is 11.3 Å². The zero-order chi connectivity index (χ0) is 14.8. The number of anilines is 2. The van der Waals surface area contributed by atoms with E-state index < -0.39 is 0 Å². The first-order valence-corrected chi connectivity index (χ1v) is 7.36. The number of benzene rings is 2. The lowest BCUT2D eigenvalue weighted by Crippen LogP contribution is -2.08. The number of aromatic nitrogens is 1. The van der Waals surface area contributed by atoms with Gasteiger partial charge in [0.05, 0.1) is 14.2 Å². The van der Waals surface area contributed by atoms with Crippen LogP contribution < -0.4 is 14.4 Å². The monoisotopic (exact) mass is 300 g/mol. The summed E-state index contributed by atoms with van der Waals surface area (Å²) in [7, 11) is 5.33. The molecule has 5 heteroatoms. The molecule has 21 heavy (non-hydrogen) atoms. The fraction of sp³-hybridized carbons (Fsp3) is 0.188. The van der Waals surface area contributed by atoms with Gasteiger partial charge >= 0.3 is 0 Å². The number of fused-ring (bicyclic) bond motifs is 1. The SMILES string of the molecule is COc1ccc(OC)c2sc(N(C)c3ccccc3)nc12. The molecule has 1 heterocycles. The van der Waals surface area contributed by atoms with Crippen LogP contribution in [0.25, 0.3) is 10.2 Å². The molecule has 0 aliphatic rings. The van der Waals surface area contributed by atoms with Crippen LogP contribution in [0, 0.1) is 0 Å². The van der Waals surface area contributed by atoms with E-state index in [9.17, 15) is 0 Å². The minimum atomic E-state index is 0.759. The van der Waals surface area contributed by atoms with Crippen molar-refractivity contribution in [3.05, 3.63) is 42.5 Å². The summed E-state index contributed by atoms with van der Waals surface area (Å²) in [5.74, 6) is 1.57. The van der Waals surface area contributed by atoms with E-state index in [-0.39, 0.29) is 0 Å². The first-order valence-electron chi connectivity index (χ1n) is 6.55. The highest BCUT2D eigenvalue weighted by Crippen LogP contribution is 2.41. The summed E-state index contributed by atoms with van der Waals surface area (Å²) in [6.07, 6.45) is 0. The van der Waals surface area contributed by atoms with Crippen molar-refractivity contribution in [3.63, 3.8) is 0 Å². The van der Waals surface area contributed by atoms with Gasteiger partial charge in [-0.2, -0.15) is 0 Å². The van der Waals surface area contributed by atoms with Crippen LogP contribution in [0.1, 0.15) is 0 Å². The van der Waals surface area contributed by atoms with E-state index in [0.29, 0.717) is 0 Å². The summed E-state index contributed by atoms with van der Waals surface area (Å²) in [4.78, 5) is 6.77. The maximum absolute atomic E-state index is 5.42. The lowest BCUT2D eigenvalue weighted by Gasteiger charge is -2.15. The lowest BCUT2D eigenvalue weighted by molar-refractivity contribution is 0.410. The molecule has 0 radical (unpaired) electrons. The summed E-state index contributed by atoms with van der Waals surface area (Å²) < 4.78 is 11.8. The first-order chi connectivity index (χ1) is 10.2. The molecule has 3 aromatic rings. The van der Waals surface area contributed by atoms with Crippen LogP contribution in [0.3, 0.4) is 0 Å². The molecule has 108 valence electrons. The Balaban J connectivity index is 2.12. The van der Waals surface area contributed by atoms with Crippen LogP contribution in [-0.2, 0) is 0 Å². The number of rotatable bonds is 4. The molecule has 0 atom stereocenters. The number of methoxy groups -OCH3 is 2. The molecule has 0 amide bonds. The van der Waals surface area contributed by atoms with Crippen LogP contribution in [0.15, 0.2) is 42.5 Å². The van der Waals surface area contributed by atoms with E-state index in [1.165, 1.54) is 0 Å². The van der Waals surface area contributed by atoms with E-state index in [0.717, 1.165) is 32.5 Å². The van der Waals surface area contributed by atoms with Crippen LogP contribution in [-0.4, -0.2) is 26.3 Å². The highest BCUT2D eigenvalue weighted by Gasteiger charge is 2.16. The molecule has 0 fully saturated rings. The normalized spacial score (nSPS) is 10.6. The molecular weight excluding hydrogens is 284 g/mol. The van der Waals surface area contributed by atoms with Gasteiger partial charge in [-0.25, -0.2) is 4.98 Å². The third-order valence-corrected chi connectivity index (χ3v) is 4.48. The predicted molar refractivity (Wildman–Crippen MR) is 87.2 cm³/mol. The summed E-state index contributed by atoms with van der Waals surface area (Å²) in [5, 5.41) is 0.902. The zero-order valence-corrected chi connectivity index (χ0v) is 13.0. The third kappa shape index (κ3) is 2.40. The van der Waals surface area contributed by atoms with E-state index in [2.05, 4.69) is 17.0 Å². The second kappa shape index (κ2) is 5.61. The highest BCUT2D eigenvalue weighted by molar-refractivity contribution is 7.22. The molecular formula is C16H16N2O2S. The number of hydrogen-bond donors (Lipinski definition) is 0. The molecule has 0 bridgehead atoms. The van der Waals surface area contributed by atoms with Crippen molar-refractivity contribution in [1.82, 2.24) is 4.98 Å². The van der Waals surface area contributed by atoms with Crippen molar-refractivity contribution in [3.8, 4) is 11.5 Å². The van der Waals surface area contributed by atoms with Crippen molar-refractivity contribution in [2.75, 3.05) is 26.2 Å². The molecule has 3 rings (SSSR count). The van der Waals surface area contributed by atoms with Gasteiger partial charge in [0.2, 0.25) is 0 Å². The van der Waals surface area contributed by atoms with Gasteiger partial charge in [0.1, 0.15) is 21.7 Å². The van der Waals surface area contributed by atoms with Crippen LogP contribution in [0.4, 0.5) is 10.8 Å². The number of para-hydroxylation sites is 1. The Kier molecular flexibility index (Phi) is 3.66. The Morgan fingerprint density at radius 1 is 0.952 bits per heavy atom. The van der Waals surface area contributed by atoms with Crippen molar-refractivity contribution in [2.24, 2.45) is 0 Å². The van der Waals surface area contributed by atoms with Crippen molar-refractivity contribution in [1.29, 1.82) is 0 Å². The Morgan fingerprint density at radius 3 is 2.29 bits per heavy atom. The average Bonchev–Trinajstić information content (AvgIpc) is 2.99. The Morgan fingerprint density at radius 2 is 1.62 bits per heavy atom. The van der Waals surface area contributed by atoms with Crippen LogP contribution in [0.5, 0.6) is 11.5 Å². The fourth-order valence-electron chi connectivity index (χ4n) is 2.18. The van der Waals surface area contributed by atoms with Gasteiger partial charge in [0.15, 0.2) is 5.13 Å².